The lowest BCUT2D eigenvalue weighted by Crippen LogP contribution is -2.55. The Morgan fingerprint density at radius 3 is 1.76 bits per heavy atom. The fourth-order valence-electron chi connectivity index (χ4n) is 3.85. The minimum atomic E-state index is -6.46. The fourth-order valence-corrected chi connectivity index (χ4v) is 3.85. The van der Waals surface area contributed by atoms with Crippen molar-refractivity contribution in [2.45, 2.75) is 37.3 Å². The minimum Gasteiger partial charge on any atom is -0.456 e. The summed E-state index contributed by atoms with van der Waals surface area (Å²) in [7, 11) is 0. The van der Waals surface area contributed by atoms with Gasteiger partial charge in [-0.2, -0.15) is 39.5 Å². The van der Waals surface area contributed by atoms with Crippen LogP contribution in [0.3, 0.4) is 0 Å². The molecular formula is C23H13F11O3. The Morgan fingerprint density at radius 1 is 0.703 bits per heavy atom. The van der Waals surface area contributed by atoms with Crippen molar-refractivity contribution in [3.05, 3.63) is 60.2 Å². The number of rotatable bonds is 6. The van der Waals surface area contributed by atoms with Crippen LogP contribution in [0.25, 0.3) is 32.3 Å². The molecule has 0 aliphatic carbocycles. The number of carbonyl (C=O) groups excluding carboxylic acids is 1. The zero-order valence-electron chi connectivity index (χ0n) is 18.0. The molecule has 0 aromatic heterocycles. The van der Waals surface area contributed by atoms with E-state index in [-0.39, 0.29) is 5.56 Å². The second kappa shape index (κ2) is 9.80. The van der Waals surface area contributed by atoms with E-state index < -0.39 is 43.3 Å². The molecule has 1 unspecified atom stereocenters. The van der Waals surface area contributed by atoms with Crippen molar-refractivity contribution in [1.82, 2.24) is 0 Å². The number of hydrogen-bond donors (Lipinski definition) is 0. The van der Waals surface area contributed by atoms with Gasteiger partial charge in [0.15, 0.2) is 0 Å². The summed E-state index contributed by atoms with van der Waals surface area (Å²) in [4.78, 5) is 11.9. The first-order valence-electron chi connectivity index (χ1n) is 9.99. The van der Waals surface area contributed by atoms with Gasteiger partial charge in [0.1, 0.15) is 13.0 Å². The third-order valence-electron chi connectivity index (χ3n) is 5.30. The maximum atomic E-state index is 14.4. The number of benzene rings is 4. The molecule has 3 nitrogen and oxygen atoms in total. The number of carbonyl (C=O) groups is 1. The molecule has 4 aromatic carbocycles. The van der Waals surface area contributed by atoms with Crippen molar-refractivity contribution in [3.8, 4) is 0 Å². The van der Waals surface area contributed by atoms with E-state index in [2.05, 4.69) is 9.47 Å². The monoisotopic (exact) mass is 546 g/mol. The van der Waals surface area contributed by atoms with Crippen LogP contribution in [0, 0.1) is 0 Å². The fraction of sp³-hybridized carbons (Fsp3) is 0.261. The van der Waals surface area contributed by atoms with Gasteiger partial charge in [0.05, 0.1) is 0 Å². The lowest BCUT2D eigenvalue weighted by Gasteiger charge is -2.30. The molecular weight excluding hydrogens is 533 g/mol. The normalized spacial score (nSPS) is 14.5. The highest BCUT2D eigenvalue weighted by Crippen LogP contribution is 2.44. The van der Waals surface area contributed by atoms with Crippen molar-refractivity contribution in [2.24, 2.45) is 0 Å². The highest BCUT2D eigenvalue weighted by Gasteiger charge is 2.69. The van der Waals surface area contributed by atoms with Gasteiger partial charge >= 0.3 is 30.3 Å². The van der Waals surface area contributed by atoms with E-state index in [1.54, 1.807) is 24.3 Å². The quantitative estimate of drug-likeness (QED) is 0.139. The third-order valence-corrected chi connectivity index (χ3v) is 5.30. The van der Waals surface area contributed by atoms with Crippen LogP contribution in [0.2, 0.25) is 0 Å². The summed E-state index contributed by atoms with van der Waals surface area (Å²) < 4.78 is 141. The number of hydrogen-bond acceptors (Lipinski definition) is 3. The lowest BCUT2D eigenvalue weighted by molar-refractivity contribution is -0.411. The summed E-state index contributed by atoms with van der Waals surface area (Å²) >= 11 is 0. The van der Waals surface area contributed by atoms with Gasteiger partial charge in [-0.15, -0.1) is 0 Å². The van der Waals surface area contributed by atoms with Gasteiger partial charge in [-0.05, 0) is 37.9 Å². The first kappa shape index (κ1) is 28.2. The Bertz CT molecular complexity index is 1380. The molecule has 0 amide bonds. The molecule has 200 valence electrons. The van der Waals surface area contributed by atoms with Crippen molar-refractivity contribution < 1.29 is 62.9 Å². The second-order valence-corrected chi connectivity index (χ2v) is 7.78. The smallest absolute Gasteiger partial charge is 0.456 e. The summed E-state index contributed by atoms with van der Waals surface area (Å²) in [5, 5.41) is 4.33. The molecule has 0 bridgehead atoms. The maximum absolute atomic E-state index is 14.4. The third kappa shape index (κ3) is 5.63. The van der Waals surface area contributed by atoms with Crippen LogP contribution >= 0.6 is 0 Å². The summed E-state index contributed by atoms with van der Waals surface area (Å²) in [5.74, 6) is -8.80. The van der Waals surface area contributed by atoms with E-state index in [0.717, 1.165) is 21.5 Å². The number of alkyl halides is 9. The molecule has 4 rings (SSSR count). The average molecular weight is 546 g/mol. The highest BCUT2D eigenvalue weighted by atomic mass is 20.0. The zero-order valence-corrected chi connectivity index (χ0v) is 18.0. The molecule has 0 aliphatic rings. The predicted molar refractivity (Wildman–Crippen MR) is 109 cm³/mol. The maximum Gasteiger partial charge on any atom is 0.460 e. The molecule has 0 saturated carbocycles. The molecule has 0 saturated heterocycles. The molecule has 0 spiro atoms. The lowest BCUT2D eigenvalue weighted by atomic mass is 9.92. The highest BCUT2D eigenvalue weighted by molar-refractivity contribution is 6.23. The van der Waals surface area contributed by atoms with Crippen LogP contribution in [0.5, 0.6) is 0 Å². The van der Waals surface area contributed by atoms with E-state index >= 15 is 0 Å². The summed E-state index contributed by atoms with van der Waals surface area (Å²) in [5.41, 5.74) is 0.107. The summed E-state index contributed by atoms with van der Waals surface area (Å²) in [6.07, 6.45) is -21.1. The van der Waals surface area contributed by atoms with Crippen LogP contribution in [0.4, 0.5) is 48.7 Å². The second-order valence-electron chi connectivity index (χ2n) is 7.78. The zero-order chi connectivity index (χ0) is 27.8. The van der Waals surface area contributed by atoms with Crippen molar-refractivity contribution >= 4 is 38.3 Å². The van der Waals surface area contributed by atoms with Gasteiger partial charge in [0.2, 0.25) is 0 Å². The van der Waals surface area contributed by atoms with Crippen LogP contribution < -0.4 is 0 Å². The van der Waals surface area contributed by atoms with Crippen LogP contribution in [-0.4, -0.2) is 30.3 Å². The topological polar surface area (TPSA) is 35.5 Å². The molecule has 1 atom stereocenters. The summed E-state index contributed by atoms with van der Waals surface area (Å²) in [6, 6.07) is 15.3. The van der Waals surface area contributed by atoms with E-state index in [0.29, 0.717) is 10.8 Å². The molecule has 0 heterocycles. The Morgan fingerprint density at radius 2 is 1.22 bits per heavy atom. The van der Waals surface area contributed by atoms with E-state index in [1.807, 2.05) is 24.3 Å². The van der Waals surface area contributed by atoms with E-state index in [4.69, 9.17) is 9.15 Å². The van der Waals surface area contributed by atoms with Gasteiger partial charge in [-0.1, -0.05) is 54.6 Å². The first-order chi connectivity index (χ1) is 17.1. The molecule has 0 radical (unpaired) electrons. The number of ether oxygens (including phenoxy) is 2. The predicted octanol–water partition coefficient (Wildman–Crippen LogP) is 8.26. The van der Waals surface area contributed by atoms with E-state index in [9.17, 15) is 44.3 Å². The first-order valence-corrected chi connectivity index (χ1v) is 9.99. The Balaban J connectivity index is 0.00000186. The molecule has 0 fully saturated rings. The van der Waals surface area contributed by atoms with Crippen LogP contribution in [-0.2, 0) is 20.9 Å². The number of esters is 1. The molecule has 0 aliphatic heterocycles. The largest absolute Gasteiger partial charge is 0.460 e. The molecule has 37 heavy (non-hydrogen) atoms. The van der Waals surface area contributed by atoms with Crippen molar-refractivity contribution in [2.75, 3.05) is 0 Å². The Kier molecular flexibility index (Phi) is 7.46. The Labute approximate surface area is 199 Å². The van der Waals surface area contributed by atoms with Gasteiger partial charge in [-0.25, -0.2) is 4.79 Å². The van der Waals surface area contributed by atoms with E-state index in [1.165, 1.54) is 6.07 Å². The van der Waals surface area contributed by atoms with Crippen LogP contribution in [0.15, 0.2) is 54.6 Å². The molecule has 14 heteroatoms. The SMILES string of the molecule is FF.O=C(OCc1ccc2ccc3cccc4ccc1c2c34)C(F)(OC(F)(F)CC(F)(F)F)C(F)(F)F. The molecule has 4 aromatic rings. The van der Waals surface area contributed by atoms with Gasteiger partial charge in [-0.3, -0.25) is 4.74 Å². The standard InChI is InChI=1S/C23H13F9O3.F2/c24-20(25,26)11-21(27,28)35-22(29,23(30,31)32)19(33)34-10-15-7-6-14-5-4-12-2-1-3-13-8-9-16(15)18(14)17(12)13;1-2/h1-9H,10-11H2;. The van der Waals surface area contributed by atoms with Crippen molar-refractivity contribution in [1.29, 1.82) is 0 Å². The number of halogens is 11. The minimum absolute atomic E-state index is 0.107. The Hall–Kier alpha value is -3.42. The summed E-state index contributed by atoms with van der Waals surface area (Å²) in [6.45, 7) is -0.997. The average Bonchev–Trinajstić information content (AvgIpc) is 2.80. The van der Waals surface area contributed by atoms with Crippen molar-refractivity contribution in [3.63, 3.8) is 0 Å². The molecule has 0 N–H and O–H groups in total. The van der Waals surface area contributed by atoms with Crippen LogP contribution in [0.1, 0.15) is 12.0 Å². The van der Waals surface area contributed by atoms with Gasteiger partial charge in [0, 0.05) is 9.15 Å². The van der Waals surface area contributed by atoms with Gasteiger partial charge < -0.3 is 4.74 Å². The van der Waals surface area contributed by atoms with Gasteiger partial charge in [0.25, 0.3) is 0 Å².